The van der Waals surface area contributed by atoms with Gasteiger partial charge in [-0.15, -0.1) is 10.1 Å². The molecule has 14 heavy (non-hydrogen) atoms. The van der Waals surface area contributed by atoms with Crippen molar-refractivity contribution < 1.29 is 15.0 Å². The number of aryl methyl sites for hydroxylation is 1. The smallest absolute Gasteiger partial charge is 0.297 e. The molecule has 1 unspecified atom stereocenters. The molecule has 0 fully saturated rings. The molecule has 0 bridgehead atoms. The lowest BCUT2D eigenvalue weighted by Gasteiger charge is -2.09. The minimum atomic E-state index is -1.40. The Balaban J connectivity index is 2.60. The lowest BCUT2D eigenvalue weighted by Crippen LogP contribution is -2.19. The molecule has 0 amide bonds. The number of hydrogen-bond acceptors (Lipinski definition) is 4. The Morgan fingerprint density at radius 2 is 2.21 bits per heavy atom. The van der Waals surface area contributed by atoms with Crippen molar-refractivity contribution in [1.29, 1.82) is 0 Å². The van der Waals surface area contributed by atoms with Crippen molar-refractivity contribution in [1.82, 2.24) is 0 Å². The highest BCUT2D eigenvalue weighted by atomic mass is 17.0. The van der Waals surface area contributed by atoms with Gasteiger partial charge in [-0.3, -0.25) is 4.84 Å². The highest BCUT2D eigenvalue weighted by Crippen LogP contribution is 2.10. The third kappa shape index (κ3) is 3.02. The Morgan fingerprint density at radius 1 is 1.57 bits per heavy atom. The minimum absolute atomic E-state index is 0.119. The Hall–Kier alpha value is -1.62. The number of benzene rings is 1. The number of aliphatic hydroxyl groups is 1. The highest BCUT2D eigenvalue weighted by molar-refractivity contribution is 5.25. The maximum absolute atomic E-state index is 9.91. The molecule has 1 N–H and O–H groups in total. The van der Waals surface area contributed by atoms with Crippen molar-refractivity contribution in [2.75, 3.05) is 0 Å². The molecule has 1 rings (SSSR count). The third-order valence-electron chi connectivity index (χ3n) is 1.86. The average Bonchev–Trinajstić information content (AvgIpc) is 2.07. The molecule has 0 aliphatic heterocycles. The standard InChI is InChI=1S/C9H11NO4/c1-7-4-2-3-5-8(7)6-9(11)14-10(12)13/h2-5,9,11H,6H2,1H3. The Labute approximate surface area is 81.0 Å². The monoisotopic (exact) mass is 197 g/mol. The quantitative estimate of drug-likeness (QED) is 0.445. The molecule has 0 heterocycles. The van der Waals surface area contributed by atoms with Gasteiger partial charge >= 0.3 is 0 Å². The zero-order valence-electron chi connectivity index (χ0n) is 7.71. The molecule has 5 heteroatoms. The van der Waals surface area contributed by atoms with E-state index in [1.54, 1.807) is 12.1 Å². The highest BCUT2D eigenvalue weighted by Gasteiger charge is 2.10. The summed E-state index contributed by atoms with van der Waals surface area (Å²) >= 11 is 0. The average molecular weight is 197 g/mol. The first-order valence-electron chi connectivity index (χ1n) is 4.13. The molecular formula is C9H11NO4. The summed E-state index contributed by atoms with van der Waals surface area (Å²) in [5.41, 5.74) is 1.81. The van der Waals surface area contributed by atoms with Gasteiger partial charge in [0.05, 0.1) is 0 Å². The normalized spacial score (nSPS) is 12.1. The van der Waals surface area contributed by atoms with Crippen molar-refractivity contribution in [2.24, 2.45) is 0 Å². The van der Waals surface area contributed by atoms with Crippen molar-refractivity contribution in [3.05, 3.63) is 45.5 Å². The summed E-state index contributed by atoms with van der Waals surface area (Å²) in [5.74, 6) is 0. The summed E-state index contributed by atoms with van der Waals surface area (Å²) in [6.07, 6.45) is -1.28. The fourth-order valence-electron chi connectivity index (χ4n) is 1.16. The summed E-state index contributed by atoms with van der Waals surface area (Å²) in [6.45, 7) is 1.87. The van der Waals surface area contributed by atoms with Crippen LogP contribution >= 0.6 is 0 Å². The van der Waals surface area contributed by atoms with Gasteiger partial charge in [0.2, 0.25) is 6.29 Å². The first kappa shape index (κ1) is 10.5. The second-order valence-corrected chi connectivity index (χ2v) is 2.91. The number of rotatable bonds is 4. The number of hydrogen-bond donors (Lipinski definition) is 1. The summed E-state index contributed by atoms with van der Waals surface area (Å²) < 4.78 is 0. The second-order valence-electron chi connectivity index (χ2n) is 2.91. The summed E-state index contributed by atoms with van der Waals surface area (Å²) in [6, 6.07) is 7.33. The molecule has 1 atom stereocenters. The molecule has 0 saturated heterocycles. The van der Waals surface area contributed by atoms with Gasteiger partial charge in [-0.05, 0) is 18.1 Å². The number of aliphatic hydroxyl groups excluding tert-OH is 1. The van der Waals surface area contributed by atoms with Crippen molar-refractivity contribution in [2.45, 2.75) is 19.6 Å². The van der Waals surface area contributed by atoms with Gasteiger partial charge < -0.3 is 5.11 Å². The maximum Gasteiger partial charge on any atom is 0.297 e. The van der Waals surface area contributed by atoms with Crippen LogP contribution in [0.15, 0.2) is 24.3 Å². The fraction of sp³-hybridized carbons (Fsp3) is 0.333. The van der Waals surface area contributed by atoms with Crippen LogP contribution in [0.25, 0.3) is 0 Å². The van der Waals surface area contributed by atoms with Crippen LogP contribution in [0.2, 0.25) is 0 Å². The predicted octanol–water partition coefficient (Wildman–Crippen LogP) is 1.06. The van der Waals surface area contributed by atoms with E-state index in [-0.39, 0.29) is 6.42 Å². The molecule has 0 spiro atoms. The Morgan fingerprint density at radius 3 is 2.79 bits per heavy atom. The third-order valence-corrected chi connectivity index (χ3v) is 1.86. The van der Waals surface area contributed by atoms with Gasteiger partial charge in [0.15, 0.2) is 0 Å². The molecule has 5 nitrogen and oxygen atoms in total. The molecule has 0 aromatic heterocycles. The van der Waals surface area contributed by atoms with E-state index in [1.807, 2.05) is 19.1 Å². The van der Waals surface area contributed by atoms with E-state index in [1.165, 1.54) is 0 Å². The van der Waals surface area contributed by atoms with Crippen LogP contribution in [0, 0.1) is 17.0 Å². The van der Waals surface area contributed by atoms with Crippen LogP contribution in [0.3, 0.4) is 0 Å². The van der Waals surface area contributed by atoms with Crippen LogP contribution < -0.4 is 0 Å². The summed E-state index contributed by atoms with van der Waals surface area (Å²) in [4.78, 5) is 13.9. The molecule has 1 aromatic carbocycles. The van der Waals surface area contributed by atoms with Gasteiger partial charge in [-0.25, -0.2) is 0 Å². The van der Waals surface area contributed by atoms with E-state index in [4.69, 9.17) is 5.11 Å². The largest absolute Gasteiger partial charge is 0.368 e. The van der Waals surface area contributed by atoms with Gasteiger partial charge in [-0.2, -0.15) is 0 Å². The van der Waals surface area contributed by atoms with E-state index in [9.17, 15) is 10.1 Å². The fourth-order valence-corrected chi connectivity index (χ4v) is 1.16. The topological polar surface area (TPSA) is 72.6 Å². The molecule has 0 radical (unpaired) electrons. The second kappa shape index (κ2) is 4.57. The predicted molar refractivity (Wildman–Crippen MR) is 49.0 cm³/mol. The van der Waals surface area contributed by atoms with E-state index >= 15 is 0 Å². The van der Waals surface area contributed by atoms with Gasteiger partial charge in [0.1, 0.15) is 0 Å². The zero-order chi connectivity index (χ0) is 10.6. The van der Waals surface area contributed by atoms with Crippen LogP contribution in [0.4, 0.5) is 0 Å². The van der Waals surface area contributed by atoms with Crippen molar-refractivity contribution >= 4 is 0 Å². The maximum atomic E-state index is 9.91. The van der Waals surface area contributed by atoms with E-state index in [0.717, 1.165) is 11.1 Å². The minimum Gasteiger partial charge on any atom is -0.368 e. The molecular weight excluding hydrogens is 186 g/mol. The lowest BCUT2D eigenvalue weighted by molar-refractivity contribution is -0.779. The zero-order valence-corrected chi connectivity index (χ0v) is 7.71. The van der Waals surface area contributed by atoms with Crippen LogP contribution in [-0.2, 0) is 11.3 Å². The molecule has 0 aliphatic carbocycles. The van der Waals surface area contributed by atoms with Crippen molar-refractivity contribution in [3.8, 4) is 0 Å². The van der Waals surface area contributed by atoms with Crippen LogP contribution in [-0.4, -0.2) is 16.5 Å². The first-order valence-corrected chi connectivity index (χ1v) is 4.13. The molecule has 76 valence electrons. The number of nitrogens with zero attached hydrogens (tertiary/aromatic N) is 1. The SMILES string of the molecule is Cc1ccccc1CC(O)O[N+](=O)[O-]. The van der Waals surface area contributed by atoms with E-state index < -0.39 is 11.4 Å². The van der Waals surface area contributed by atoms with Gasteiger partial charge in [0.25, 0.3) is 5.09 Å². The van der Waals surface area contributed by atoms with E-state index in [2.05, 4.69) is 4.84 Å². The first-order chi connectivity index (χ1) is 6.59. The van der Waals surface area contributed by atoms with Crippen LogP contribution in [0.1, 0.15) is 11.1 Å². The van der Waals surface area contributed by atoms with Gasteiger partial charge in [-0.1, -0.05) is 24.3 Å². The Kier molecular flexibility index (Phi) is 3.41. The lowest BCUT2D eigenvalue weighted by atomic mass is 10.1. The molecule has 0 aliphatic rings. The van der Waals surface area contributed by atoms with E-state index in [0.29, 0.717) is 0 Å². The molecule has 1 aromatic rings. The Bertz CT molecular complexity index is 326. The summed E-state index contributed by atoms with van der Waals surface area (Å²) in [5, 5.41) is 18.0. The van der Waals surface area contributed by atoms with Crippen LogP contribution in [0.5, 0.6) is 0 Å². The van der Waals surface area contributed by atoms with Gasteiger partial charge in [0, 0.05) is 6.42 Å². The van der Waals surface area contributed by atoms with Crippen molar-refractivity contribution in [3.63, 3.8) is 0 Å². The summed E-state index contributed by atoms with van der Waals surface area (Å²) in [7, 11) is 0. The molecule has 0 saturated carbocycles.